The molecule has 2 heterocycles. The van der Waals surface area contributed by atoms with Gasteiger partial charge >= 0.3 is 0 Å². The lowest BCUT2D eigenvalue weighted by atomic mass is 9.72. The van der Waals surface area contributed by atoms with Crippen LogP contribution in [-0.2, 0) is 15.0 Å². The lowest BCUT2D eigenvalue weighted by Gasteiger charge is -2.42. The second-order valence-electron chi connectivity index (χ2n) is 7.01. The van der Waals surface area contributed by atoms with Crippen LogP contribution in [0.5, 0.6) is 0 Å². The molecular weight excluding hydrogens is 385 g/mol. The topological polar surface area (TPSA) is 53.5 Å². The SMILES string of the molecule is CN(C)c1cccc(N2C[C@@](CC=O)(c3ccc(Cl)c(Cl)c3)CCC2=O)n1. The van der Waals surface area contributed by atoms with Gasteiger partial charge in [-0.3, -0.25) is 9.69 Å². The summed E-state index contributed by atoms with van der Waals surface area (Å²) in [5.74, 6) is 1.35. The van der Waals surface area contributed by atoms with Gasteiger partial charge in [-0.2, -0.15) is 0 Å². The Bertz CT molecular complexity index is 872. The fraction of sp³-hybridized carbons (Fsp3) is 0.350. The van der Waals surface area contributed by atoms with Gasteiger partial charge in [0.2, 0.25) is 5.91 Å². The van der Waals surface area contributed by atoms with E-state index in [-0.39, 0.29) is 5.91 Å². The van der Waals surface area contributed by atoms with Crippen molar-refractivity contribution in [1.29, 1.82) is 0 Å². The van der Waals surface area contributed by atoms with Gasteiger partial charge in [0.1, 0.15) is 17.9 Å². The number of rotatable bonds is 5. The number of hydrogen-bond donors (Lipinski definition) is 0. The van der Waals surface area contributed by atoms with Crippen LogP contribution in [0, 0.1) is 0 Å². The van der Waals surface area contributed by atoms with E-state index in [1.54, 1.807) is 17.0 Å². The predicted octanol–water partition coefficient (Wildman–Crippen LogP) is 4.11. The fourth-order valence-electron chi connectivity index (χ4n) is 3.48. The van der Waals surface area contributed by atoms with Gasteiger partial charge in [-0.05, 0) is 36.2 Å². The second-order valence-corrected chi connectivity index (χ2v) is 7.82. The molecule has 1 saturated heterocycles. The van der Waals surface area contributed by atoms with Crippen LogP contribution in [0.15, 0.2) is 36.4 Å². The van der Waals surface area contributed by atoms with E-state index in [2.05, 4.69) is 4.98 Å². The number of benzene rings is 1. The van der Waals surface area contributed by atoms with Crippen molar-refractivity contribution in [2.24, 2.45) is 0 Å². The van der Waals surface area contributed by atoms with Gasteiger partial charge in [0.15, 0.2) is 0 Å². The third-order valence-electron chi connectivity index (χ3n) is 5.04. The molecule has 2 aromatic rings. The standard InChI is InChI=1S/C20H21Cl2N3O2/c1-24(2)17-4-3-5-18(23-17)25-13-20(10-11-26,9-8-19(25)27)14-6-7-15(21)16(22)12-14/h3-7,11-12H,8-10,13H2,1-2H3/t20-/m1/s1. The molecule has 0 aliphatic carbocycles. The normalized spacial score (nSPS) is 19.9. The molecule has 1 atom stereocenters. The second kappa shape index (κ2) is 7.87. The Labute approximate surface area is 168 Å². The highest BCUT2D eigenvalue weighted by Crippen LogP contribution is 2.40. The third-order valence-corrected chi connectivity index (χ3v) is 5.78. The van der Waals surface area contributed by atoms with Crippen molar-refractivity contribution < 1.29 is 9.59 Å². The van der Waals surface area contributed by atoms with E-state index >= 15 is 0 Å². The first kappa shape index (κ1) is 19.6. The van der Waals surface area contributed by atoms with E-state index in [1.165, 1.54) is 0 Å². The van der Waals surface area contributed by atoms with Crippen molar-refractivity contribution in [3.05, 3.63) is 52.0 Å². The minimum atomic E-state index is -0.514. The van der Waals surface area contributed by atoms with Gasteiger partial charge in [-0.15, -0.1) is 0 Å². The van der Waals surface area contributed by atoms with Crippen molar-refractivity contribution in [2.45, 2.75) is 24.7 Å². The van der Waals surface area contributed by atoms with E-state index in [0.29, 0.717) is 41.7 Å². The molecule has 1 aromatic carbocycles. The summed E-state index contributed by atoms with van der Waals surface area (Å²) in [6, 6.07) is 11.0. The molecule has 5 nitrogen and oxygen atoms in total. The number of anilines is 2. The van der Waals surface area contributed by atoms with Crippen molar-refractivity contribution in [3.63, 3.8) is 0 Å². The molecule has 1 fully saturated rings. The number of hydrogen-bond acceptors (Lipinski definition) is 4. The number of amides is 1. The van der Waals surface area contributed by atoms with Gasteiger partial charge in [-0.25, -0.2) is 4.98 Å². The summed E-state index contributed by atoms with van der Waals surface area (Å²) < 4.78 is 0. The van der Waals surface area contributed by atoms with E-state index in [0.717, 1.165) is 17.7 Å². The van der Waals surface area contributed by atoms with E-state index in [1.807, 2.05) is 43.3 Å². The maximum atomic E-state index is 12.7. The summed E-state index contributed by atoms with van der Waals surface area (Å²) in [4.78, 5) is 32.3. The molecule has 1 amide bonds. The van der Waals surface area contributed by atoms with Crippen LogP contribution in [0.3, 0.4) is 0 Å². The van der Waals surface area contributed by atoms with Crippen LogP contribution in [0.1, 0.15) is 24.8 Å². The van der Waals surface area contributed by atoms with Crippen LogP contribution >= 0.6 is 23.2 Å². The van der Waals surface area contributed by atoms with Gasteiger partial charge in [0, 0.05) is 38.9 Å². The summed E-state index contributed by atoms with van der Waals surface area (Å²) in [5.41, 5.74) is 0.393. The van der Waals surface area contributed by atoms with E-state index < -0.39 is 5.41 Å². The molecule has 0 saturated carbocycles. The number of pyridine rings is 1. The van der Waals surface area contributed by atoms with Gasteiger partial charge in [-0.1, -0.05) is 35.3 Å². The van der Waals surface area contributed by atoms with Crippen LogP contribution < -0.4 is 9.80 Å². The highest BCUT2D eigenvalue weighted by atomic mass is 35.5. The zero-order valence-corrected chi connectivity index (χ0v) is 16.8. The molecule has 1 aliphatic rings. The number of carbonyl (C=O) groups excluding carboxylic acids is 2. The average Bonchev–Trinajstić information content (AvgIpc) is 2.66. The van der Waals surface area contributed by atoms with Crippen LogP contribution in [0.2, 0.25) is 10.0 Å². The Morgan fingerprint density at radius 2 is 2.00 bits per heavy atom. The summed E-state index contributed by atoms with van der Waals surface area (Å²) in [7, 11) is 3.80. The summed E-state index contributed by atoms with van der Waals surface area (Å²) in [6.07, 6.45) is 2.11. The van der Waals surface area contributed by atoms with Crippen molar-refractivity contribution in [1.82, 2.24) is 4.98 Å². The molecule has 0 unspecified atom stereocenters. The molecular formula is C20H21Cl2N3O2. The molecule has 142 valence electrons. The van der Waals surface area contributed by atoms with E-state index in [4.69, 9.17) is 23.2 Å². The summed E-state index contributed by atoms with van der Waals surface area (Å²) >= 11 is 12.3. The Morgan fingerprint density at radius 1 is 1.22 bits per heavy atom. The Kier molecular flexibility index (Phi) is 5.72. The highest BCUT2D eigenvalue weighted by molar-refractivity contribution is 6.42. The number of aromatic nitrogens is 1. The quantitative estimate of drug-likeness (QED) is 0.702. The van der Waals surface area contributed by atoms with Crippen LogP contribution in [0.25, 0.3) is 0 Å². The molecule has 0 spiro atoms. The number of carbonyl (C=O) groups is 2. The van der Waals surface area contributed by atoms with Gasteiger partial charge in [0.05, 0.1) is 10.0 Å². The maximum Gasteiger partial charge on any atom is 0.228 e. The highest BCUT2D eigenvalue weighted by Gasteiger charge is 2.41. The number of piperidine rings is 1. The molecule has 0 N–H and O–H groups in total. The zero-order valence-electron chi connectivity index (χ0n) is 15.3. The average molecular weight is 406 g/mol. The lowest BCUT2D eigenvalue weighted by Crippen LogP contribution is -2.49. The molecule has 27 heavy (non-hydrogen) atoms. The van der Waals surface area contributed by atoms with Crippen LogP contribution in [-0.4, -0.2) is 37.8 Å². The number of nitrogens with zero attached hydrogens (tertiary/aromatic N) is 3. The van der Waals surface area contributed by atoms with Crippen molar-refractivity contribution >= 4 is 47.0 Å². The smallest absolute Gasteiger partial charge is 0.228 e. The first-order valence-corrected chi connectivity index (χ1v) is 9.46. The molecule has 0 bridgehead atoms. The maximum absolute atomic E-state index is 12.7. The summed E-state index contributed by atoms with van der Waals surface area (Å²) in [6.45, 7) is 0.367. The van der Waals surface area contributed by atoms with Crippen molar-refractivity contribution in [3.8, 4) is 0 Å². The fourth-order valence-corrected chi connectivity index (χ4v) is 3.78. The van der Waals surface area contributed by atoms with Gasteiger partial charge < -0.3 is 9.69 Å². The first-order chi connectivity index (χ1) is 12.9. The van der Waals surface area contributed by atoms with Crippen LogP contribution in [0.4, 0.5) is 11.6 Å². The number of halogens is 2. The third kappa shape index (κ3) is 3.94. The summed E-state index contributed by atoms with van der Waals surface area (Å²) in [5, 5.41) is 0.904. The largest absolute Gasteiger partial charge is 0.363 e. The zero-order chi connectivity index (χ0) is 19.6. The number of aldehydes is 1. The van der Waals surface area contributed by atoms with Gasteiger partial charge in [0.25, 0.3) is 0 Å². The molecule has 0 radical (unpaired) electrons. The first-order valence-electron chi connectivity index (χ1n) is 8.70. The Balaban J connectivity index is 2.02. The molecule has 1 aromatic heterocycles. The molecule has 1 aliphatic heterocycles. The molecule has 3 rings (SSSR count). The Hall–Kier alpha value is -2.11. The lowest BCUT2D eigenvalue weighted by molar-refractivity contribution is -0.121. The minimum absolute atomic E-state index is 0.00000873. The Morgan fingerprint density at radius 3 is 2.67 bits per heavy atom. The van der Waals surface area contributed by atoms with E-state index in [9.17, 15) is 9.59 Å². The predicted molar refractivity (Wildman–Crippen MR) is 109 cm³/mol. The van der Waals surface area contributed by atoms with Crippen molar-refractivity contribution in [2.75, 3.05) is 30.4 Å². The monoisotopic (exact) mass is 405 g/mol. The minimum Gasteiger partial charge on any atom is -0.363 e. The molecule has 7 heteroatoms.